The molecule has 0 aromatic heterocycles. The Labute approximate surface area is 154 Å². The van der Waals surface area contributed by atoms with E-state index in [1.807, 2.05) is 13.8 Å². The van der Waals surface area contributed by atoms with Crippen molar-refractivity contribution >= 4 is 11.9 Å². The molecule has 0 aliphatic heterocycles. The number of nitrogens with two attached hydrogens (primary N) is 1. The molecular formula is C20H29NO5. The zero-order valence-corrected chi connectivity index (χ0v) is 16.0. The van der Waals surface area contributed by atoms with E-state index in [2.05, 4.69) is 39.0 Å². The molecule has 0 amide bonds. The van der Waals surface area contributed by atoms with Gasteiger partial charge in [-0.1, -0.05) is 37.6 Å². The lowest BCUT2D eigenvalue weighted by Crippen LogP contribution is -2.47. The third-order valence-corrected chi connectivity index (χ3v) is 4.54. The summed E-state index contributed by atoms with van der Waals surface area (Å²) < 4.78 is 0. The van der Waals surface area contributed by atoms with Crippen LogP contribution >= 0.6 is 0 Å². The van der Waals surface area contributed by atoms with Crippen LogP contribution in [0.3, 0.4) is 0 Å². The zero-order valence-electron chi connectivity index (χ0n) is 16.0. The van der Waals surface area contributed by atoms with Gasteiger partial charge in [-0.3, -0.25) is 0 Å². The Morgan fingerprint density at radius 1 is 1.19 bits per heavy atom. The van der Waals surface area contributed by atoms with Gasteiger partial charge in [-0.15, -0.1) is 0 Å². The summed E-state index contributed by atoms with van der Waals surface area (Å²) in [6, 6.07) is 6.39. The highest BCUT2D eigenvalue weighted by atomic mass is 16.4. The summed E-state index contributed by atoms with van der Waals surface area (Å²) in [5.74, 6) is -2.51. The average molecular weight is 363 g/mol. The zero-order chi connectivity index (χ0) is 20.3. The lowest BCUT2D eigenvalue weighted by Gasteiger charge is -2.41. The fourth-order valence-corrected chi connectivity index (χ4v) is 3.35. The van der Waals surface area contributed by atoms with E-state index in [9.17, 15) is 14.7 Å². The molecule has 0 saturated carbocycles. The van der Waals surface area contributed by atoms with Crippen LogP contribution in [0.4, 0.5) is 0 Å². The molecule has 6 nitrogen and oxygen atoms in total. The maximum absolute atomic E-state index is 11.3. The van der Waals surface area contributed by atoms with Crippen LogP contribution in [0.2, 0.25) is 0 Å². The lowest BCUT2D eigenvalue weighted by molar-refractivity contribution is -0.134. The fourth-order valence-electron chi connectivity index (χ4n) is 3.35. The third-order valence-electron chi connectivity index (χ3n) is 4.54. The van der Waals surface area contributed by atoms with Crippen LogP contribution in [0.1, 0.15) is 50.8 Å². The minimum Gasteiger partial charge on any atom is -0.478 e. The van der Waals surface area contributed by atoms with Crippen LogP contribution in [0, 0.1) is 12.3 Å². The summed E-state index contributed by atoms with van der Waals surface area (Å²) in [7, 11) is 0. The molecule has 0 bridgehead atoms. The number of aryl methyl sites for hydroxylation is 1. The number of fused-ring (bicyclic) bond motifs is 1. The van der Waals surface area contributed by atoms with E-state index in [1.165, 1.54) is 11.1 Å². The molecule has 1 aromatic rings. The Bertz CT molecular complexity index is 699. The van der Waals surface area contributed by atoms with E-state index in [1.54, 1.807) is 0 Å². The van der Waals surface area contributed by atoms with Crippen LogP contribution in [-0.2, 0) is 21.6 Å². The second kappa shape index (κ2) is 7.60. The molecule has 144 valence electrons. The lowest BCUT2D eigenvalue weighted by atomic mass is 9.70. The van der Waals surface area contributed by atoms with Gasteiger partial charge in [0.25, 0.3) is 0 Å². The van der Waals surface area contributed by atoms with E-state index in [0.717, 1.165) is 12.0 Å². The maximum atomic E-state index is 11.3. The number of aliphatic hydroxyl groups is 1. The number of rotatable bonds is 4. The first-order chi connectivity index (χ1) is 11.7. The molecule has 5 N–H and O–H groups in total. The van der Waals surface area contributed by atoms with Crippen molar-refractivity contribution in [2.75, 3.05) is 0 Å². The van der Waals surface area contributed by atoms with Crippen molar-refractivity contribution < 1.29 is 24.9 Å². The van der Waals surface area contributed by atoms with Gasteiger partial charge in [0.15, 0.2) is 0 Å². The Morgan fingerprint density at radius 2 is 1.69 bits per heavy atom. The highest BCUT2D eigenvalue weighted by Crippen LogP contribution is 2.53. The smallest absolute Gasteiger partial charge is 0.328 e. The SMILES string of the molecule is Cc1ccc2c(c1)C(O)(CC(C)(C)N)C(C)(C)C2.O=C(O)/C=C/C(=O)O. The summed E-state index contributed by atoms with van der Waals surface area (Å²) >= 11 is 0. The molecule has 2 rings (SSSR count). The predicted octanol–water partition coefficient (Wildman–Crippen LogP) is 2.60. The number of carboxylic acid groups (broad SMARTS) is 2. The topological polar surface area (TPSA) is 121 Å². The Morgan fingerprint density at radius 3 is 2.12 bits per heavy atom. The normalized spacial score (nSPS) is 21.0. The van der Waals surface area contributed by atoms with Gasteiger partial charge in [-0.25, -0.2) is 9.59 Å². The van der Waals surface area contributed by atoms with Crippen molar-refractivity contribution in [2.45, 2.75) is 58.6 Å². The minimum atomic E-state index is -1.26. The highest BCUT2D eigenvalue weighted by molar-refractivity contribution is 5.89. The number of hydrogen-bond donors (Lipinski definition) is 4. The molecule has 6 heteroatoms. The molecule has 0 spiro atoms. The fraction of sp³-hybridized carbons (Fsp3) is 0.500. The molecule has 0 radical (unpaired) electrons. The van der Waals surface area contributed by atoms with E-state index in [4.69, 9.17) is 15.9 Å². The molecule has 26 heavy (non-hydrogen) atoms. The number of aliphatic carboxylic acids is 2. The van der Waals surface area contributed by atoms with Gasteiger partial charge < -0.3 is 21.1 Å². The van der Waals surface area contributed by atoms with Gasteiger partial charge in [0.05, 0.1) is 5.60 Å². The van der Waals surface area contributed by atoms with Crippen molar-refractivity contribution in [3.05, 3.63) is 47.0 Å². The molecule has 1 aliphatic rings. The Balaban J connectivity index is 0.000000359. The van der Waals surface area contributed by atoms with Crippen LogP contribution in [0.15, 0.2) is 30.4 Å². The van der Waals surface area contributed by atoms with Crippen LogP contribution in [0.25, 0.3) is 0 Å². The van der Waals surface area contributed by atoms with E-state index in [0.29, 0.717) is 18.6 Å². The second-order valence-electron chi connectivity index (χ2n) is 8.26. The third kappa shape index (κ3) is 5.41. The number of carbonyl (C=O) groups is 2. The first-order valence-electron chi connectivity index (χ1n) is 8.43. The van der Waals surface area contributed by atoms with Gasteiger partial charge in [0, 0.05) is 23.1 Å². The molecule has 1 unspecified atom stereocenters. The number of carboxylic acids is 2. The molecule has 1 atom stereocenters. The average Bonchev–Trinajstić information content (AvgIpc) is 2.63. The Kier molecular flexibility index (Phi) is 6.39. The van der Waals surface area contributed by atoms with Crippen molar-refractivity contribution in [3.8, 4) is 0 Å². The highest BCUT2D eigenvalue weighted by Gasteiger charge is 2.52. The standard InChI is InChI=1S/C16H25NO.C4H4O4/c1-11-6-7-12-9-14(2,3)16(18,13(12)8-11)10-15(4,5)17;5-3(6)1-2-4(7)8/h6-8,18H,9-10,17H2,1-5H3;1-2H,(H,5,6)(H,7,8)/b;2-1+. The molecule has 1 aliphatic carbocycles. The predicted molar refractivity (Wildman–Crippen MR) is 99.9 cm³/mol. The largest absolute Gasteiger partial charge is 0.478 e. The number of benzene rings is 1. The second-order valence-corrected chi connectivity index (χ2v) is 8.26. The van der Waals surface area contributed by atoms with E-state index >= 15 is 0 Å². The summed E-state index contributed by atoms with van der Waals surface area (Å²) in [5.41, 5.74) is 8.32. The Hall–Kier alpha value is -2.18. The first-order valence-corrected chi connectivity index (χ1v) is 8.43. The number of hydrogen-bond acceptors (Lipinski definition) is 4. The first kappa shape index (κ1) is 21.9. The molecule has 1 aromatic carbocycles. The van der Waals surface area contributed by atoms with Crippen LogP contribution in [0.5, 0.6) is 0 Å². The molecule has 0 heterocycles. The molecular weight excluding hydrogens is 334 g/mol. The van der Waals surface area contributed by atoms with Gasteiger partial charge in [0.1, 0.15) is 0 Å². The van der Waals surface area contributed by atoms with E-state index < -0.39 is 17.5 Å². The van der Waals surface area contributed by atoms with Gasteiger partial charge in [-0.2, -0.15) is 0 Å². The quantitative estimate of drug-likeness (QED) is 0.610. The van der Waals surface area contributed by atoms with Crippen molar-refractivity contribution in [1.82, 2.24) is 0 Å². The van der Waals surface area contributed by atoms with Gasteiger partial charge >= 0.3 is 11.9 Å². The van der Waals surface area contributed by atoms with Crippen molar-refractivity contribution in [1.29, 1.82) is 0 Å². The van der Waals surface area contributed by atoms with E-state index in [-0.39, 0.29) is 11.0 Å². The summed E-state index contributed by atoms with van der Waals surface area (Å²) in [5, 5.41) is 26.9. The minimum absolute atomic E-state index is 0.167. The van der Waals surface area contributed by atoms with Crippen molar-refractivity contribution in [3.63, 3.8) is 0 Å². The van der Waals surface area contributed by atoms with Crippen LogP contribution in [-0.4, -0.2) is 32.8 Å². The summed E-state index contributed by atoms with van der Waals surface area (Å²) in [4.78, 5) is 19.1. The maximum Gasteiger partial charge on any atom is 0.328 e. The van der Waals surface area contributed by atoms with Crippen LogP contribution < -0.4 is 5.73 Å². The monoisotopic (exact) mass is 363 g/mol. The molecule has 0 fully saturated rings. The van der Waals surface area contributed by atoms with Gasteiger partial charge in [0.2, 0.25) is 0 Å². The summed E-state index contributed by atoms with van der Waals surface area (Å²) in [6.45, 7) is 10.3. The molecule has 0 saturated heterocycles. The summed E-state index contributed by atoms with van der Waals surface area (Å²) in [6.07, 6.45) is 2.61. The van der Waals surface area contributed by atoms with Gasteiger partial charge in [-0.05, 0) is 44.7 Å². The van der Waals surface area contributed by atoms with Crippen molar-refractivity contribution in [2.24, 2.45) is 11.1 Å².